The molecule has 0 unspecified atom stereocenters. The molecule has 116 valence electrons. The predicted octanol–water partition coefficient (Wildman–Crippen LogP) is 2.10. The number of nitrogens with zero attached hydrogens (tertiary/aromatic N) is 2. The molecular weight excluding hydrogens is 280 g/mol. The topological polar surface area (TPSA) is 57.7 Å². The molecule has 3 amide bonds. The van der Waals surface area contributed by atoms with Crippen molar-refractivity contribution in [2.45, 2.75) is 19.8 Å². The van der Waals surface area contributed by atoms with Crippen molar-refractivity contribution in [1.29, 1.82) is 0 Å². The Morgan fingerprint density at radius 3 is 2.32 bits per heavy atom. The summed E-state index contributed by atoms with van der Waals surface area (Å²) in [6.07, 6.45) is 2.47. The molecule has 0 spiro atoms. The van der Waals surface area contributed by atoms with Crippen LogP contribution in [-0.4, -0.2) is 47.2 Å². The van der Waals surface area contributed by atoms with E-state index in [1.165, 1.54) is 4.90 Å². The molecule has 5 nitrogen and oxygen atoms in total. The maximum absolute atomic E-state index is 12.2. The van der Waals surface area contributed by atoms with Gasteiger partial charge in [-0.25, -0.2) is 0 Å². The lowest BCUT2D eigenvalue weighted by Crippen LogP contribution is -2.33. The molecular formula is C17H20N2O3. The largest absolute Gasteiger partial charge is 0.339 e. The first kappa shape index (κ1) is 15.9. The van der Waals surface area contributed by atoms with Crippen LogP contribution in [0.3, 0.4) is 0 Å². The van der Waals surface area contributed by atoms with E-state index in [0.717, 1.165) is 0 Å². The molecule has 5 heteroatoms. The van der Waals surface area contributed by atoms with Gasteiger partial charge in [-0.3, -0.25) is 19.3 Å². The van der Waals surface area contributed by atoms with Crippen molar-refractivity contribution in [2.24, 2.45) is 0 Å². The lowest BCUT2D eigenvalue weighted by atomic mass is 10.1. The molecule has 0 bridgehead atoms. The number of amides is 3. The van der Waals surface area contributed by atoms with E-state index in [2.05, 4.69) is 6.58 Å². The first-order chi connectivity index (χ1) is 10.6. The lowest BCUT2D eigenvalue weighted by molar-refractivity contribution is -0.130. The molecule has 0 aliphatic carbocycles. The van der Waals surface area contributed by atoms with E-state index in [1.54, 1.807) is 35.2 Å². The summed E-state index contributed by atoms with van der Waals surface area (Å²) >= 11 is 0. The number of benzene rings is 1. The molecule has 0 radical (unpaired) electrons. The molecule has 0 saturated heterocycles. The van der Waals surface area contributed by atoms with Crippen LogP contribution >= 0.6 is 0 Å². The fourth-order valence-corrected chi connectivity index (χ4v) is 2.55. The van der Waals surface area contributed by atoms with Gasteiger partial charge < -0.3 is 4.90 Å². The number of hydrogen-bond acceptors (Lipinski definition) is 3. The van der Waals surface area contributed by atoms with Crippen molar-refractivity contribution < 1.29 is 14.4 Å². The Balaban J connectivity index is 1.91. The van der Waals surface area contributed by atoms with Crippen LogP contribution in [0.25, 0.3) is 0 Å². The van der Waals surface area contributed by atoms with Gasteiger partial charge in [-0.1, -0.05) is 18.2 Å². The van der Waals surface area contributed by atoms with Gasteiger partial charge in [0.2, 0.25) is 5.91 Å². The van der Waals surface area contributed by atoms with Crippen molar-refractivity contribution in [3.05, 3.63) is 48.0 Å². The summed E-state index contributed by atoms with van der Waals surface area (Å²) in [5.41, 5.74) is 0.890. The quantitative estimate of drug-likeness (QED) is 0.572. The van der Waals surface area contributed by atoms with Gasteiger partial charge >= 0.3 is 0 Å². The van der Waals surface area contributed by atoms with E-state index in [4.69, 9.17) is 0 Å². The van der Waals surface area contributed by atoms with Crippen LogP contribution < -0.4 is 0 Å². The van der Waals surface area contributed by atoms with Crippen LogP contribution in [0, 0.1) is 0 Å². The molecule has 2 rings (SSSR count). The highest BCUT2D eigenvalue weighted by Crippen LogP contribution is 2.22. The van der Waals surface area contributed by atoms with Crippen LogP contribution in [-0.2, 0) is 4.79 Å². The molecule has 1 aliphatic heterocycles. The molecule has 1 aromatic carbocycles. The molecule has 0 saturated carbocycles. The van der Waals surface area contributed by atoms with Crippen molar-refractivity contribution in [2.75, 3.05) is 19.6 Å². The minimum atomic E-state index is -0.272. The summed E-state index contributed by atoms with van der Waals surface area (Å²) in [6, 6.07) is 6.80. The Bertz CT molecular complexity index is 575. The average Bonchev–Trinajstić information content (AvgIpc) is 2.77. The van der Waals surface area contributed by atoms with Crippen LogP contribution in [0.15, 0.2) is 36.9 Å². The van der Waals surface area contributed by atoms with Gasteiger partial charge in [-0.05, 0) is 25.5 Å². The number of imide groups is 1. The molecule has 0 N–H and O–H groups in total. The highest BCUT2D eigenvalue weighted by Gasteiger charge is 2.34. The fraction of sp³-hybridized carbons (Fsp3) is 0.353. The zero-order valence-corrected chi connectivity index (χ0v) is 12.7. The number of carbonyl (C=O) groups excluding carboxylic acids is 3. The maximum Gasteiger partial charge on any atom is 0.261 e. The van der Waals surface area contributed by atoms with E-state index < -0.39 is 0 Å². The smallest absolute Gasteiger partial charge is 0.261 e. The molecule has 1 aliphatic rings. The Labute approximate surface area is 130 Å². The second kappa shape index (κ2) is 7.02. The molecule has 1 aromatic rings. The number of fused-ring (bicyclic) bond motifs is 1. The number of hydrogen-bond donors (Lipinski definition) is 0. The molecule has 0 aromatic heterocycles. The van der Waals surface area contributed by atoms with E-state index in [-0.39, 0.29) is 24.3 Å². The van der Waals surface area contributed by atoms with E-state index >= 15 is 0 Å². The third-order valence-corrected chi connectivity index (χ3v) is 3.73. The Morgan fingerprint density at radius 1 is 1.23 bits per heavy atom. The molecule has 22 heavy (non-hydrogen) atoms. The van der Waals surface area contributed by atoms with Crippen LogP contribution in [0.2, 0.25) is 0 Å². The standard InChI is InChI=1S/C17H20N2O3/c1-3-11-18(4-2)15(20)10-7-12-19-16(21)13-8-5-6-9-14(13)17(19)22/h3,5-6,8-9H,1,4,7,10-12H2,2H3. The SMILES string of the molecule is C=CCN(CC)C(=O)CCCN1C(=O)c2ccccc2C1=O. The second-order valence-electron chi connectivity index (χ2n) is 5.13. The number of likely N-dealkylation sites (N-methyl/N-ethyl adjacent to an activating group) is 1. The zero-order valence-electron chi connectivity index (χ0n) is 12.7. The van der Waals surface area contributed by atoms with Crippen molar-refractivity contribution in [1.82, 2.24) is 9.80 Å². The van der Waals surface area contributed by atoms with E-state index in [1.807, 2.05) is 6.92 Å². The average molecular weight is 300 g/mol. The fourth-order valence-electron chi connectivity index (χ4n) is 2.55. The summed E-state index contributed by atoms with van der Waals surface area (Å²) in [5, 5.41) is 0. The van der Waals surface area contributed by atoms with E-state index in [9.17, 15) is 14.4 Å². The lowest BCUT2D eigenvalue weighted by Gasteiger charge is -2.19. The first-order valence-electron chi connectivity index (χ1n) is 7.44. The van der Waals surface area contributed by atoms with Crippen LogP contribution in [0.4, 0.5) is 0 Å². The van der Waals surface area contributed by atoms with Gasteiger partial charge in [0.05, 0.1) is 11.1 Å². The summed E-state index contributed by atoms with van der Waals surface area (Å²) in [4.78, 5) is 39.3. The van der Waals surface area contributed by atoms with Crippen molar-refractivity contribution in [3.8, 4) is 0 Å². The zero-order chi connectivity index (χ0) is 16.1. The highest BCUT2D eigenvalue weighted by atomic mass is 16.2. The number of carbonyl (C=O) groups is 3. The molecule has 0 atom stereocenters. The van der Waals surface area contributed by atoms with Gasteiger partial charge in [0.15, 0.2) is 0 Å². The maximum atomic E-state index is 12.2. The Morgan fingerprint density at radius 2 is 1.82 bits per heavy atom. The third-order valence-electron chi connectivity index (χ3n) is 3.73. The van der Waals surface area contributed by atoms with E-state index in [0.29, 0.717) is 37.1 Å². The summed E-state index contributed by atoms with van der Waals surface area (Å²) in [7, 11) is 0. The second-order valence-corrected chi connectivity index (χ2v) is 5.13. The van der Waals surface area contributed by atoms with Gasteiger partial charge in [-0.15, -0.1) is 6.58 Å². The Hall–Kier alpha value is -2.43. The summed E-state index contributed by atoms with van der Waals surface area (Å²) in [5.74, 6) is -0.531. The third kappa shape index (κ3) is 3.08. The van der Waals surface area contributed by atoms with Gasteiger partial charge in [0.25, 0.3) is 11.8 Å². The monoisotopic (exact) mass is 300 g/mol. The highest BCUT2D eigenvalue weighted by molar-refractivity contribution is 6.21. The first-order valence-corrected chi connectivity index (χ1v) is 7.44. The normalized spacial score (nSPS) is 13.2. The minimum absolute atomic E-state index is 0.0130. The van der Waals surface area contributed by atoms with Gasteiger partial charge in [0, 0.05) is 26.1 Å². The summed E-state index contributed by atoms with van der Waals surface area (Å²) in [6.45, 7) is 6.94. The molecule has 0 fully saturated rings. The molecule has 1 heterocycles. The van der Waals surface area contributed by atoms with Gasteiger partial charge in [-0.2, -0.15) is 0 Å². The summed E-state index contributed by atoms with van der Waals surface area (Å²) < 4.78 is 0. The van der Waals surface area contributed by atoms with Crippen molar-refractivity contribution in [3.63, 3.8) is 0 Å². The minimum Gasteiger partial charge on any atom is -0.339 e. The number of rotatable bonds is 7. The predicted molar refractivity (Wildman–Crippen MR) is 83.5 cm³/mol. The van der Waals surface area contributed by atoms with Gasteiger partial charge in [0.1, 0.15) is 0 Å². The van der Waals surface area contributed by atoms with Crippen LogP contribution in [0.1, 0.15) is 40.5 Å². The van der Waals surface area contributed by atoms with Crippen LogP contribution in [0.5, 0.6) is 0 Å². The van der Waals surface area contributed by atoms with Crippen molar-refractivity contribution >= 4 is 17.7 Å². The Kier molecular flexibility index (Phi) is 5.09.